The number of thiophene rings is 1. The number of benzene rings is 1. The fourth-order valence-electron chi connectivity index (χ4n) is 3.27. The number of morpholine rings is 1. The molecule has 6 heteroatoms. The van der Waals surface area contributed by atoms with E-state index in [1.807, 2.05) is 56.9 Å². The maximum absolute atomic E-state index is 12.8. The second kappa shape index (κ2) is 7.76. The van der Waals surface area contributed by atoms with Crippen LogP contribution in [-0.4, -0.2) is 42.5 Å². The minimum atomic E-state index is -0.282. The molecule has 3 rings (SSSR count). The molecule has 5 nitrogen and oxygen atoms in total. The first-order chi connectivity index (χ1) is 12.4. The van der Waals surface area contributed by atoms with Crippen molar-refractivity contribution in [2.75, 3.05) is 19.7 Å². The van der Waals surface area contributed by atoms with E-state index < -0.39 is 0 Å². The van der Waals surface area contributed by atoms with E-state index >= 15 is 0 Å². The van der Waals surface area contributed by atoms with Gasteiger partial charge in [-0.2, -0.15) is 0 Å². The van der Waals surface area contributed by atoms with Crippen molar-refractivity contribution >= 4 is 33.2 Å². The van der Waals surface area contributed by atoms with Gasteiger partial charge in [-0.3, -0.25) is 9.59 Å². The number of hydrogen-bond donors (Lipinski definition) is 1. The van der Waals surface area contributed by atoms with E-state index in [9.17, 15) is 9.59 Å². The number of hydrogen-bond acceptors (Lipinski definition) is 4. The van der Waals surface area contributed by atoms with Crippen molar-refractivity contribution in [2.45, 2.75) is 39.8 Å². The third kappa shape index (κ3) is 3.76. The van der Waals surface area contributed by atoms with Gasteiger partial charge in [-0.1, -0.05) is 32.0 Å². The van der Waals surface area contributed by atoms with Crippen LogP contribution in [0.4, 0.5) is 0 Å². The molecule has 1 aliphatic rings. The second-order valence-electron chi connectivity index (χ2n) is 7.27. The number of rotatable bonds is 4. The van der Waals surface area contributed by atoms with Gasteiger partial charge in [0.25, 0.3) is 5.91 Å². The normalized spacial score (nSPS) is 17.9. The van der Waals surface area contributed by atoms with Gasteiger partial charge in [0.2, 0.25) is 5.91 Å². The number of nitrogens with zero attached hydrogens (tertiary/aromatic N) is 1. The van der Waals surface area contributed by atoms with Crippen molar-refractivity contribution in [1.82, 2.24) is 10.2 Å². The van der Waals surface area contributed by atoms with Crippen LogP contribution < -0.4 is 5.32 Å². The van der Waals surface area contributed by atoms with Crippen molar-refractivity contribution < 1.29 is 14.3 Å². The molecule has 0 aliphatic carbocycles. The van der Waals surface area contributed by atoms with Crippen molar-refractivity contribution in [1.29, 1.82) is 0 Å². The Labute approximate surface area is 158 Å². The molecule has 0 bridgehead atoms. The predicted molar refractivity (Wildman–Crippen MR) is 105 cm³/mol. The third-order valence-electron chi connectivity index (χ3n) is 4.45. The van der Waals surface area contributed by atoms with E-state index in [0.29, 0.717) is 24.6 Å². The monoisotopic (exact) mass is 374 g/mol. The second-order valence-corrected chi connectivity index (χ2v) is 8.32. The molecule has 0 spiro atoms. The Morgan fingerprint density at radius 1 is 1.23 bits per heavy atom. The van der Waals surface area contributed by atoms with E-state index in [2.05, 4.69) is 5.32 Å². The highest BCUT2D eigenvalue weighted by Gasteiger charge is 2.32. The Bertz CT molecular complexity index is 812. The summed E-state index contributed by atoms with van der Waals surface area (Å²) < 4.78 is 7.08. The SMILES string of the molecule is CC(C)NC(=O)c1sc2ccccc2c1[C@@H]1CN(C(=O)C(C)C)CCO1. The Kier molecular flexibility index (Phi) is 5.63. The zero-order valence-corrected chi connectivity index (χ0v) is 16.6. The van der Waals surface area contributed by atoms with Crippen molar-refractivity contribution in [3.05, 3.63) is 34.7 Å². The Hall–Kier alpha value is -1.92. The molecule has 2 aromatic rings. The summed E-state index contributed by atoms with van der Waals surface area (Å²) in [5.74, 6) is 0.00908. The smallest absolute Gasteiger partial charge is 0.261 e. The third-order valence-corrected chi connectivity index (χ3v) is 5.64. The van der Waals surface area contributed by atoms with Crippen LogP contribution in [0.25, 0.3) is 10.1 Å². The van der Waals surface area contributed by atoms with Gasteiger partial charge in [0.05, 0.1) is 18.0 Å². The van der Waals surface area contributed by atoms with E-state index in [4.69, 9.17) is 4.74 Å². The van der Waals surface area contributed by atoms with E-state index in [1.54, 1.807) is 0 Å². The topological polar surface area (TPSA) is 58.6 Å². The zero-order valence-electron chi connectivity index (χ0n) is 15.7. The van der Waals surface area contributed by atoms with Gasteiger partial charge >= 0.3 is 0 Å². The molecule has 2 heterocycles. The number of carbonyl (C=O) groups is 2. The minimum absolute atomic E-state index is 0.0447. The minimum Gasteiger partial charge on any atom is -0.370 e. The van der Waals surface area contributed by atoms with Gasteiger partial charge in [0, 0.05) is 28.8 Å². The van der Waals surface area contributed by atoms with Gasteiger partial charge < -0.3 is 15.0 Å². The van der Waals surface area contributed by atoms with Crippen molar-refractivity contribution in [3.8, 4) is 0 Å². The van der Waals surface area contributed by atoms with Crippen LogP contribution in [0.5, 0.6) is 0 Å². The average molecular weight is 375 g/mol. The predicted octanol–water partition coefficient (Wildman–Crippen LogP) is 3.60. The molecule has 26 heavy (non-hydrogen) atoms. The molecule has 0 unspecified atom stereocenters. The number of amides is 2. The number of ether oxygens (including phenoxy) is 1. The highest BCUT2D eigenvalue weighted by Crippen LogP contribution is 2.38. The molecular formula is C20H26N2O3S. The standard InChI is InChI=1S/C20H26N2O3S/c1-12(2)20(24)22-9-10-25-15(11-22)17-14-7-5-6-8-16(14)26-18(17)19(23)21-13(3)4/h5-8,12-13,15H,9-11H2,1-4H3,(H,21,23)/t15-/m0/s1. The first kappa shape index (κ1) is 18.9. The van der Waals surface area contributed by atoms with Crippen LogP contribution in [0.3, 0.4) is 0 Å². The van der Waals surface area contributed by atoms with E-state index in [0.717, 1.165) is 15.6 Å². The lowest BCUT2D eigenvalue weighted by Gasteiger charge is -2.34. The molecule has 0 saturated carbocycles. The van der Waals surface area contributed by atoms with Gasteiger partial charge in [-0.05, 0) is 25.3 Å². The Balaban J connectivity index is 1.99. The first-order valence-corrected chi connectivity index (χ1v) is 9.92. The summed E-state index contributed by atoms with van der Waals surface area (Å²) in [4.78, 5) is 27.8. The lowest BCUT2D eigenvalue weighted by Crippen LogP contribution is -2.44. The Morgan fingerprint density at radius 2 is 1.96 bits per heavy atom. The summed E-state index contributed by atoms with van der Waals surface area (Å²) in [6.45, 7) is 9.29. The lowest BCUT2D eigenvalue weighted by molar-refractivity contribution is -0.142. The highest BCUT2D eigenvalue weighted by molar-refractivity contribution is 7.21. The van der Waals surface area contributed by atoms with Crippen LogP contribution in [0.15, 0.2) is 24.3 Å². The van der Waals surface area contributed by atoms with Gasteiger partial charge in [0.15, 0.2) is 0 Å². The molecular weight excluding hydrogens is 348 g/mol. The van der Waals surface area contributed by atoms with Crippen LogP contribution in [0.1, 0.15) is 49.0 Å². The molecule has 0 radical (unpaired) electrons. The van der Waals surface area contributed by atoms with Gasteiger partial charge in [-0.25, -0.2) is 0 Å². The fraction of sp³-hybridized carbons (Fsp3) is 0.500. The summed E-state index contributed by atoms with van der Waals surface area (Å²) in [5, 5.41) is 4.02. The number of nitrogens with one attached hydrogen (secondary N) is 1. The van der Waals surface area contributed by atoms with Crippen LogP contribution >= 0.6 is 11.3 Å². The van der Waals surface area contributed by atoms with Crippen molar-refractivity contribution in [2.24, 2.45) is 5.92 Å². The van der Waals surface area contributed by atoms with E-state index in [-0.39, 0.29) is 29.9 Å². The van der Waals surface area contributed by atoms with Gasteiger partial charge in [0.1, 0.15) is 6.10 Å². The van der Waals surface area contributed by atoms with Crippen LogP contribution in [-0.2, 0) is 9.53 Å². The largest absolute Gasteiger partial charge is 0.370 e. The maximum Gasteiger partial charge on any atom is 0.261 e. The molecule has 140 valence electrons. The summed E-state index contributed by atoms with van der Waals surface area (Å²) in [6, 6.07) is 8.06. The summed E-state index contributed by atoms with van der Waals surface area (Å²) in [7, 11) is 0. The maximum atomic E-state index is 12.8. The average Bonchev–Trinajstić information content (AvgIpc) is 3.00. The summed E-state index contributed by atoms with van der Waals surface area (Å²) in [6.07, 6.45) is -0.282. The highest BCUT2D eigenvalue weighted by atomic mass is 32.1. The van der Waals surface area contributed by atoms with Gasteiger partial charge in [-0.15, -0.1) is 11.3 Å². The quantitative estimate of drug-likeness (QED) is 0.890. The first-order valence-electron chi connectivity index (χ1n) is 9.11. The molecule has 2 amide bonds. The summed E-state index contributed by atoms with van der Waals surface area (Å²) in [5.41, 5.74) is 0.907. The molecule has 1 aromatic carbocycles. The fourth-order valence-corrected chi connectivity index (χ4v) is 4.43. The van der Waals surface area contributed by atoms with Crippen molar-refractivity contribution in [3.63, 3.8) is 0 Å². The zero-order chi connectivity index (χ0) is 18.8. The summed E-state index contributed by atoms with van der Waals surface area (Å²) >= 11 is 1.49. The molecule has 1 saturated heterocycles. The number of carbonyl (C=O) groups excluding carboxylic acids is 2. The Morgan fingerprint density at radius 3 is 2.65 bits per heavy atom. The molecule has 1 aliphatic heterocycles. The molecule has 1 atom stereocenters. The molecule has 1 N–H and O–H groups in total. The lowest BCUT2D eigenvalue weighted by atomic mass is 10.0. The van der Waals surface area contributed by atoms with Crippen LogP contribution in [0.2, 0.25) is 0 Å². The molecule has 1 aromatic heterocycles. The molecule has 1 fully saturated rings. The van der Waals surface area contributed by atoms with E-state index in [1.165, 1.54) is 11.3 Å². The van der Waals surface area contributed by atoms with Crippen LogP contribution in [0, 0.1) is 5.92 Å². The number of fused-ring (bicyclic) bond motifs is 1.